The summed E-state index contributed by atoms with van der Waals surface area (Å²) < 4.78 is 50.0. The summed E-state index contributed by atoms with van der Waals surface area (Å²) >= 11 is 0. The van der Waals surface area contributed by atoms with E-state index >= 15 is 0 Å². The number of rotatable bonds is 5. The van der Waals surface area contributed by atoms with Gasteiger partial charge < -0.3 is 24.8 Å². The minimum Gasteiger partial charge on any atom is -0.393 e. The van der Waals surface area contributed by atoms with Crippen molar-refractivity contribution < 1.29 is 32.5 Å². The summed E-state index contributed by atoms with van der Waals surface area (Å²) in [7, 11) is 1.68. The van der Waals surface area contributed by atoms with Crippen molar-refractivity contribution in [3.8, 4) is 0 Å². The van der Waals surface area contributed by atoms with Crippen LogP contribution in [0.3, 0.4) is 0 Å². The van der Waals surface area contributed by atoms with Gasteiger partial charge in [-0.25, -0.2) is 0 Å². The zero-order valence-electron chi connectivity index (χ0n) is 21.1. The lowest BCUT2D eigenvalue weighted by molar-refractivity contribution is -0.138. The number of fused-ring (bicyclic) bond motifs is 1. The number of methoxy groups -OCH3 is 1. The number of aliphatic hydroxyl groups excluding tert-OH is 1. The number of pyridine rings is 1. The van der Waals surface area contributed by atoms with E-state index in [1.807, 2.05) is 6.92 Å². The number of nitrogens with one attached hydrogen (secondary N) is 1. The van der Waals surface area contributed by atoms with E-state index < -0.39 is 11.7 Å². The number of aliphatic hydroxyl groups is 1. The van der Waals surface area contributed by atoms with Crippen LogP contribution in [0.15, 0.2) is 12.3 Å². The van der Waals surface area contributed by atoms with Crippen molar-refractivity contribution in [1.82, 2.24) is 15.2 Å². The van der Waals surface area contributed by atoms with Crippen LogP contribution in [0.4, 0.5) is 13.2 Å². The maximum atomic E-state index is 13.1. The molecule has 2 aliphatic carbocycles. The monoisotopic (exact) mass is 513 g/mol. The van der Waals surface area contributed by atoms with Gasteiger partial charge >= 0.3 is 6.18 Å². The van der Waals surface area contributed by atoms with Crippen LogP contribution >= 0.6 is 0 Å². The van der Waals surface area contributed by atoms with E-state index in [0.717, 1.165) is 37.9 Å². The van der Waals surface area contributed by atoms with Gasteiger partial charge in [0.2, 0.25) is 5.91 Å². The normalized spacial score (nSPS) is 29.2. The van der Waals surface area contributed by atoms with Crippen molar-refractivity contribution in [3.63, 3.8) is 0 Å². The summed E-state index contributed by atoms with van der Waals surface area (Å²) in [6.07, 6.45) is 2.75. The number of aromatic nitrogens is 1. The van der Waals surface area contributed by atoms with Gasteiger partial charge in [0.05, 0.1) is 24.4 Å². The SMILES string of the molecule is CC(O)C1CC1.COC1COCCC1NC1CCC(C(=O)N2CCc3ncc(C(F)(F)F)cc3C2)C1. The summed E-state index contributed by atoms with van der Waals surface area (Å²) in [6.45, 7) is 3.84. The molecule has 2 aliphatic heterocycles. The molecule has 1 amide bonds. The average molecular weight is 514 g/mol. The first-order valence-corrected chi connectivity index (χ1v) is 13.0. The number of nitrogens with zero attached hydrogens (tertiary/aromatic N) is 2. The Morgan fingerprint density at radius 2 is 2.06 bits per heavy atom. The molecule has 7 nitrogen and oxygen atoms in total. The van der Waals surface area contributed by atoms with E-state index in [9.17, 15) is 18.0 Å². The van der Waals surface area contributed by atoms with E-state index in [2.05, 4.69) is 10.3 Å². The van der Waals surface area contributed by atoms with Crippen molar-refractivity contribution in [2.45, 2.75) is 88.9 Å². The van der Waals surface area contributed by atoms with Crippen LogP contribution < -0.4 is 5.32 Å². The minimum absolute atomic E-state index is 0.0161. The molecule has 3 heterocycles. The molecule has 1 aromatic rings. The second kappa shape index (κ2) is 11.8. The molecule has 5 rings (SSSR count). The number of carbonyl (C=O) groups excluding carboxylic acids is 1. The standard InChI is InChI=1S/C21H28F3N3O3.C5H10O/c1-29-19-12-30-7-5-18(19)26-16-3-2-13(9-16)20(28)27-6-4-17-14(11-27)8-15(10-25-17)21(22,23)24;1-4(6)5-2-3-5/h8,10,13,16,18-19,26H,2-7,9,11-12H2,1H3;4-6H,2-3H2,1H3. The highest BCUT2D eigenvalue weighted by atomic mass is 19.4. The predicted molar refractivity (Wildman–Crippen MR) is 127 cm³/mol. The second-order valence-electron chi connectivity index (χ2n) is 10.5. The number of amides is 1. The maximum absolute atomic E-state index is 13.1. The Morgan fingerprint density at radius 1 is 1.28 bits per heavy atom. The van der Waals surface area contributed by atoms with Crippen molar-refractivity contribution in [2.75, 3.05) is 26.9 Å². The van der Waals surface area contributed by atoms with Gasteiger partial charge in [-0.05, 0) is 63.0 Å². The van der Waals surface area contributed by atoms with Crippen LogP contribution in [-0.4, -0.2) is 72.1 Å². The van der Waals surface area contributed by atoms with Gasteiger partial charge in [0.15, 0.2) is 0 Å². The highest BCUT2D eigenvalue weighted by Gasteiger charge is 2.37. The quantitative estimate of drug-likeness (QED) is 0.629. The summed E-state index contributed by atoms with van der Waals surface area (Å²) in [5.41, 5.74) is 0.398. The van der Waals surface area contributed by atoms with Gasteiger partial charge in [-0.3, -0.25) is 9.78 Å². The number of alkyl halides is 3. The Kier molecular flexibility index (Phi) is 8.91. The van der Waals surface area contributed by atoms with Crippen LogP contribution in [0, 0.1) is 11.8 Å². The van der Waals surface area contributed by atoms with Crippen LogP contribution in [0.1, 0.15) is 62.3 Å². The van der Waals surface area contributed by atoms with Gasteiger partial charge in [-0.1, -0.05) is 0 Å². The smallest absolute Gasteiger partial charge is 0.393 e. The van der Waals surface area contributed by atoms with Crippen LogP contribution in [-0.2, 0) is 33.4 Å². The molecule has 4 aliphatic rings. The Balaban J connectivity index is 0.000000445. The second-order valence-corrected chi connectivity index (χ2v) is 10.5. The van der Waals surface area contributed by atoms with Crippen LogP contribution in [0.2, 0.25) is 0 Å². The topological polar surface area (TPSA) is 83.9 Å². The van der Waals surface area contributed by atoms with Gasteiger partial charge in [-0.2, -0.15) is 13.2 Å². The molecule has 0 aromatic carbocycles. The Hall–Kier alpha value is -1.75. The zero-order chi connectivity index (χ0) is 25.9. The first kappa shape index (κ1) is 27.3. The number of ether oxygens (including phenoxy) is 2. The third-order valence-electron chi connectivity index (χ3n) is 7.82. The molecule has 1 saturated heterocycles. The summed E-state index contributed by atoms with van der Waals surface area (Å²) in [5, 5.41) is 12.3. The molecule has 0 bridgehead atoms. The van der Waals surface area contributed by atoms with Crippen molar-refractivity contribution in [1.29, 1.82) is 0 Å². The highest BCUT2D eigenvalue weighted by Crippen LogP contribution is 2.33. The number of hydrogen-bond donors (Lipinski definition) is 2. The lowest BCUT2D eigenvalue weighted by Gasteiger charge is -2.33. The molecule has 1 aromatic heterocycles. The molecule has 36 heavy (non-hydrogen) atoms. The molecule has 0 spiro atoms. The summed E-state index contributed by atoms with van der Waals surface area (Å²) in [4.78, 5) is 18.7. The van der Waals surface area contributed by atoms with Crippen molar-refractivity contribution in [3.05, 3.63) is 29.1 Å². The zero-order valence-corrected chi connectivity index (χ0v) is 21.1. The molecule has 2 N–H and O–H groups in total. The largest absolute Gasteiger partial charge is 0.417 e. The van der Waals surface area contributed by atoms with Gasteiger partial charge in [-0.15, -0.1) is 0 Å². The molecular formula is C26H38F3N3O4. The van der Waals surface area contributed by atoms with Crippen LogP contribution in [0.5, 0.6) is 0 Å². The first-order chi connectivity index (χ1) is 17.2. The third-order valence-corrected chi connectivity index (χ3v) is 7.82. The fraction of sp³-hybridized carbons (Fsp3) is 0.769. The lowest BCUT2D eigenvalue weighted by atomic mass is 10.00. The van der Waals surface area contributed by atoms with Crippen LogP contribution in [0.25, 0.3) is 0 Å². The molecular weight excluding hydrogens is 475 g/mol. The van der Waals surface area contributed by atoms with E-state index in [-0.39, 0.29) is 42.7 Å². The van der Waals surface area contributed by atoms with Gasteiger partial charge in [0, 0.05) is 63.1 Å². The molecule has 10 heteroatoms. The van der Waals surface area contributed by atoms with E-state index in [1.54, 1.807) is 12.0 Å². The molecule has 3 fully saturated rings. The van der Waals surface area contributed by atoms with Crippen molar-refractivity contribution in [2.24, 2.45) is 11.8 Å². The number of halogens is 3. The maximum Gasteiger partial charge on any atom is 0.417 e. The Morgan fingerprint density at radius 3 is 2.69 bits per heavy atom. The van der Waals surface area contributed by atoms with E-state index in [0.29, 0.717) is 43.4 Å². The first-order valence-electron chi connectivity index (χ1n) is 13.0. The Bertz CT molecular complexity index is 894. The average Bonchev–Trinajstić information content (AvgIpc) is 3.62. The highest BCUT2D eigenvalue weighted by molar-refractivity contribution is 5.79. The predicted octanol–water partition coefficient (Wildman–Crippen LogP) is 3.32. The number of carbonyl (C=O) groups is 1. The third kappa shape index (κ3) is 6.96. The van der Waals surface area contributed by atoms with Gasteiger partial charge in [0.25, 0.3) is 0 Å². The Labute approximate surface area is 210 Å². The molecule has 0 radical (unpaired) electrons. The summed E-state index contributed by atoms with van der Waals surface area (Å²) in [6, 6.07) is 1.60. The number of hydrogen-bond acceptors (Lipinski definition) is 6. The molecule has 202 valence electrons. The van der Waals surface area contributed by atoms with E-state index in [4.69, 9.17) is 14.6 Å². The van der Waals surface area contributed by atoms with Gasteiger partial charge in [0.1, 0.15) is 0 Å². The molecule has 2 saturated carbocycles. The van der Waals surface area contributed by atoms with Crippen molar-refractivity contribution >= 4 is 5.91 Å². The van der Waals surface area contributed by atoms with E-state index in [1.165, 1.54) is 12.8 Å². The fourth-order valence-corrected chi connectivity index (χ4v) is 5.40. The summed E-state index contributed by atoms with van der Waals surface area (Å²) in [5.74, 6) is 0.603. The minimum atomic E-state index is -4.43. The molecule has 5 unspecified atom stereocenters. The lowest BCUT2D eigenvalue weighted by Crippen LogP contribution is -2.50. The molecule has 5 atom stereocenters. The fourth-order valence-electron chi connectivity index (χ4n) is 5.40.